The molecule has 2 bridgehead atoms. The summed E-state index contributed by atoms with van der Waals surface area (Å²) in [5, 5.41) is 35.6. The maximum absolute atomic E-state index is 14.1. The maximum Gasteiger partial charge on any atom is 0.375 e. The molecule has 1 aliphatic carbocycles. The predicted molar refractivity (Wildman–Crippen MR) is 228 cm³/mol. The molecule has 5 heterocycles. The van der Waals surface area contributed by atoms with E-state index in [-0.39, 0.29) is 85.4 Å². The lowest BCUT2D eigenvalue weighted by Gasteiger charge is -2.46. The summed E-state index contributed by atoms with van der Waals surface area (Å²) < 4.78 is 30.9. The Balaban J connectivity index is 1.28. The zero-order valence-electron chi connectivity index (χ0n) is 35.8. The van der Waals surface area contributed by atoms with E-state index in [0.29, 0.717) is 60.4 Å². The van der Waals surface area contributed by atoms with E-state index in [1.54, 1.807) is 14.0 Å². The smallest absolute Gasteiger partial charge is 0.375 e. The number of aromatic nitrogens is 1. The third-order valence-electron chi connectivity index (χ3n) is 14.1. The highest BCUT2D eigenvalue weighted by Gasteiger charge is 2.50. The van der Waals surface area contributed by atoms with Gasteiger partial charge in [0.15, 0.2) is 6.29 Å². The molecule has 61 heavy (non-hydrogen) atoms. The predicted octanol–water partition coefficient (Wildman–Crippen LogP) is 5.87. The monoisotopic (exact) mass is 840 g/mol. The number of methoxy groups -OCH3 is 1. The Morgan fingerprint density at radius 2 is 1.93 bits per heavy atom. The number of aldehydes is 1. The number of hydrogen-bond acceptors (Lipinski definition) is 12. The molecule has 1 saturated carbocycles. The van der Waals surface area contributed by atoms with Gasteiger partial charge in [0, 0.05) is 80.4 Å². The number of aliphatic hydroxyl groups is 3. The molecular formula is C48H60N2O11. The summed E-state index contributed by atoms with van der Waals surface area (Å²) in [6.45, 7) is 7.52. The molecule has 0 spiro atoms. The minimum Gasteiger partial charge on any atom is -0.492 e. The molecule has 2 fully saturated rings. The first-order valence-corrected chi connectivity index (χ1v) is 22.1. The number of H-pyrrole nitrogens is 1. The average Bonchev–Trinajstić information content (AvgIpc) is 3.93. The van der Waals surface area contributed by atoms with Crippen LogP contribution < -0.4 is 14.2 Å². The van der Waals surface area contributed by atoms with Gasteiger partial charge in [-0.15, -0.1) is 0 Å². The van der Waals surface area contributed by atoms with Gasteiger partial charge in [0.2, 0.25) is 5.76 Å². The van der Waals surface area contributed by atoms with E-state index in [9.17, 15) is 29.7 Å². The number of benzene rings is 2. The van der Waals surface area contributed by atoms with Crippen LogP contribution in [0.1, 0.15) is 106 Å². The van der Waals surface area contributed by atoms with E-state index >= 15 is 0 Å². The second kappa shape index (κ2) is 18.1. The van der Waals surface area contributed by atoms with Gasteiger partial charge in [0.25, 0.3) is 0 Å². The Bertz CT molecular complexity index is 2240. The van der Waals surface area contributed by atoms with Crippen molar-refractivity contribution >= 4 is 34.5 Å². The standard InChI is InChI=1S/C48H60N2O11/c1-5-32-21-31(13-16-50(32)15-7-17-57-4)48(3,56)40-22-35-43(60-40)37(25-53)45-42-41(36(24-52)46(61-45)47(55)58-6-2)30-10-11-39(54)34(19-30)33-18-29-12-14-49-38(29)20-28(33)9-8-27(23-51)26-59-44(35)42/h12,14,18,20,24,27,31-32,34,40,49,51,53,56H,5-11,13,15-17,19,21-23,25-26H2,1-4H3. The summed E-state index contributed by atoms with van der Waals surface area (Å²) in [6, 6.07) is 6.42. The number of piperidine rings is 1. The number of aryl methyl sites for hydroxylation is 1. The highest BCUT2D eigenvalue weighted by Crippen LogP contribution is 2.57. The third kappa shape index (κ3) is 7.92. The summed E-state index contributed by atoms with van der Waals surface area (Å²) in [6.07, 6.45) is 7.34. The fourth-order valence-corrected chi connectivity index (χ4v) is 10.6. The Labute approximate surface area is 357 Å². The molecule has 1 saturated heterocycles. The number of carbonyl (C=O) groups excluding carboxylic acids is 3. The van der Waals surface area contributed by atoms with Gasteiger partial charge in [-0.25, -0.2) is 4.79 Å². The van der Waals surface area contributed by atoms with Gasteiger partial charge < -0.3 is 48.9 Å². The first kappa shape index (κ1) is 43.1. The normalized spacial score (nSPS) is 25.2. The zero-order chi connectivity index (χ0) is 43.0. The van der Waals surface area contributed by atoms with Crippen LogP contribution >= 0.6 is 0 Å². The fraction of sp³-hybridized carbons (Fsp3) is 0.562. The number of likely N-dealkylation sites (tertiary alicyclic amines) is 1. The molecule has 13 nitrogen and oxygen atoms in total. The Hall–Kier alpha value is -4.53. The molecule has 6 unspecified atom stereocenters. The summed E-state index contributed by atoms with van der Waals surface area (Å²) in [4.78, 5) is 47.0. The SMILES string of the molecule is CCOC(=O)C1=C(C=O)C2=C3CCC(=O)C(C3)c3cc4cc[nH]c4cc3CCC(CO)COc3c4c(c(CO)c(c32)O1)OC(C(C)(O)C1CCN(CCCOC)C(CC)C1)C4. The number of aromatic amines is 1. The van der Waals surface area contributed by atoms with E-state index in [1.165, 1.54) is 0 Å². The van der Waals surface area contributed by atoms with Gasteiger partial charge >= 0.3 is 5.97 Å². The van der Waals surface area contributed by atoms with Crippen molar-refractivity contribution in [1.82, 2.24) is 9.88 Å². The summed E-state index contributed by atoms with van der Waals surface area (Å²) in [7, 11) is 1.72. The topological polar surface area (TPSA) is 177 Å². The third-order valence-corrected chi connectivity index (χ3v) is 14.1. The number of fused-ring (bicyclic) bond motifs is 7. The number of rotatable bonds is 12. The van der Waals surface area contributed by atoms with Crippen LogP contribution in [-0.2, 0) is 43.3 Å². The molecule has 4 aliphatic heterocycles. The van der Waals surface area contributed by atoms with Crippen LogP contribution in [0.5, 0.6) is 17.2 Å². The molecule has 0 radical (unpaired) electrons. The Morgan fingerprint density at radius 3 is 2.67 bits per heavy atom. The second-order valence-electron chi connectivity index (χ2n) is 17.6. The van der Waals surface area contributed by atoms with Crippen molar-refractivity contribution in [2.45, 2.75) is 115 Å². The van der Waals surface area contributed by atoms with E-state index in [4.69, 9.17) is 23.7 Å². The van der Waals surface area contributed by atoms with Crippen LogP contribution in [0.2, 0.25) is 0 Å². The second-order valence-corrected chi connectivity index (χ2v) is 17.6. The summed E-state index contributed by atoms with van der Waals surface area (Å²) in [5.74, 6) is -1.30. The van der Waals surface area contributed by atoms with Crippen molar-refractivity contribution in [3.63, 3.8) is 0 Å². The van der Waals surface area contributed by atoms with Crippen LogP contribution in [0, 0.1) is 11.8 Å². The molecule has 13 heteroatoms. The number of esters is 1. The number of allylic oxidation sites excluding steroid dienone is 3. The van der Waals surface area contributed by atoms with E-state index < -0.39 is 30.2 Å². The van der Waals surface area contributed by atoms with Crippen molar-refractivity contribution < 1.29 is 53.4 Å². The first-order chi connectivity index (χ1) is 29.6. The van der Waals surface area contributed by atoms with Crippen LogP contribution in [0.4, 0.5) is 0 Å². The van der Waals surface area contributed by atoms with Crippen LogP contribution in [0.3, 0.4) is 0 Å². The number of ether oxygens (including phenoxy) is 5. The van der Waals surface area contributed by atoms with Crippen LogP contribution in [0.25, 0.3) is 16.5 Å². The molecule has 0 amide bonds. The largest absolute Gasteiger partial charge is 0.492 e. The maximum atomic E-state index is 14.1. The minimum atomic E-state index is -1.29. The quantitative estimate of drug-likeness (QED) is 0.0971. The molecule has 6 atom stereocenters. The number of carbonyl (C=O) groups is 3. The molecule has 8 rings (SSSR count). The van der Waals surface area contributed by atoms with E-state index in [1.807, 2.05) is 19.2 Å². The van der Waals surface area contributed by atoms with Crippen molar-refractivity contribution in [2.24, 2.45) is 11.8 Å². The molecule has 2 aromatic carbocycles. The Kier molecular flexibility index (Phi) is 12.8. The molecular weight excluding hydrogens is 781 g/mol. The first-order valence-electron chi connectivity index (χ1n) is 22.1. The number of hydrogen-bond donors (Lipinski definition) is 4. The number of nitrogens with zero attached hydrogens (tertiary/aromatic N) is 1. The van der Waals surface area contributed by atoms with Crippen LogP contribution in [-0.4, -0.2) is 108 Å². The Morgan fingerprint density at radius 1 is 1.10 bits per heavy atom. The lowest BCUT2D eigenvalue weighted by Crippen LogP contribution is -2.54. The van der Waals surface area contributed by atoms with Gasteiger partial charge in [-0.3, -0.25) is 9.59 Å². The van der Waals surface area contributed by atoms with Gasteiger partial charge in [0.05, 0.1) is 36.5 Å². The molecule has 4 N–H and O–H groups in total. The van der Waals surface area contributed by atoms with Crippen LogP contribution in [0.15, 0.2) is 41.3 Å². The van der Waals surface area contributed by atoms with E-state index in [2.05, 4.69) is 28.9 Å². The van der Waals surface area contributed by atoms with Crippen molar-refractivity contribution in [2.75, 3.05) is 46.6 Å². The van der Waals surface area contributed by atoms with Gasteiger partial charge in [0.1, 0.15) is 34.7 Å². The highest BCUT2D eigenvalue weighted by atomic mass is 16.6. The van der Waals surface area contributed by atoms with Crippen molar-refractivity contribution in [1.29, 1.82) is 0 Å². The number of nitrogens with one attached hydrogen (secondary N) is 1. The number of Topliss-reactive ketones (excluding diaryl/α,β-unsaturated/α-hetero) is 1. The highest BCUT2D eigenvalue weighted by molar-refractivity contribution is 6.11. The number of ketones is 1. The van der Waals surface area contributed by atoms with Gasteiger partial charge in [-0.05, 0) is 112 Å². The molecule has 3 aromatic rings. The number of aliphatic hydroxyl groups excluding tert-OH is 2. The zero-order valence-corrected chi connectivity index (χ0v) is 35.8. The average molecular weight is 841 g/mol. The van der Waals surface area contributed by atoms with E-state index in [0.717, 1.165) is 66.4 Å². The molecule has 5 aliphatic rings. The van der Waals surface area contributed by atoms with Gasteiger partial charge in [-0.1, -0.05) is 12.5 Å². The van der Waals surface area contributed by atoms with Crippen molar-refractivity contribution in [3.05, 3.63) is 69.1 Å². The van der Waals surface area contributed by atoms with Gasteiger partial charge in [-0.2, -0.15) is 0 Å². The summed E-state index contributed by atoms with van der Waals surface area (Å²) >= 11 is 0. The summed E-state index contributed by atoms with van der Waals surface area (Å²) in [5.41, 5.74) is 3.96. The fourth-order valence-electron chi connectivity index (χ4n) is 10.6. The molecule has 1 aromatic heterocycles. The van der Waals surface area contributed by atoms with Crippen molar-refractivity contribution in [3.8, 4) is 17.2 Å². The lowest BCUT2D eigenvalue weighted by molar-refractivity contribution is -0.141. The lowest BCUT2D eigenvalue weighted by atomic mass is 9.73. The molecule has 328 valence electrons. The minimum absolute atomic E-state index is 0.0242.